The van der Waals surface area contributed by atoms with E-state index in [1.807, 2.05) is 58.0 Å². The molecule has 0 aliphatic heterocycles. The van der Waals surface area contributed by atoms with Gasteiger partial charge in [-0.15, -0.1) is 11.6 Å². The molecule has 0 radical (unpaired) electrons. The monoisotopic (exact) mass is 405 g/mol. The SMILES string of the molecule is CCC(C)NC(=O)c1coc(CN(C(=O)C(Cl)c2ccccc2)C(C)CC)n1. The quantitative estimate of drug-likeness (QED) is 0.630. The minimum atomic E-state index is -0.793. The number of nitrogens with zero attached hydrogens (tertiary/aromatic N) is 2. The Kier molecular flexibility index (Phi) is 8.05. The van der Waals surface area contributed by atoms with Crippen molar-refractivity contribution in [2.75, 3.05) is 0 Å². The van der Waals surface area contributed by atoms with Crippen molar-refractivity contribution in [3.8, 4) is 0 Å². The van der Waals surface area contributed by atoms with Gasteiger partial charge in [-0.05, 0) is 32.3 Å². The van der Waals surface area contributed by atoms with E-state index in [-0.39, 0.29) is 36.1 Å². The molecule has 0 aliphatic carbocycles. The van der Waals surface area contributed by atoms with Crippen LogP contribution < -0.4 is 5.32 Å². The first-order valence-corrected chi connectivity index (χ1v) is 10.1. The maximum absolute atomic E-state index is 13.0. The zero-order chi connectivity index (χ0) is 20.7. The summed E-state index contributed by atoms with van der Waals surface area (Å²) in [4.78, 5) is 31.1. The van der Waals surface area contributed by atoms with E-state index < -0.39 is 5.38 Å². The van der Waals surface area contributed by atoms with E-state index in [0.717, 1.165) is 18.4 Å². The number of amides is 2. The number of oxazole rings is 1. The molecule has 1 aromatic carbocycles. The summed E-state index contributed by atoms with van der Waals surface area (Å²) in [5.74, 6) is -0.198. The van der Waals surface area contributed by atoms with Gasteiger partial charge in [0.15, 0.2) is 5.69 Å². The fraction of sp³-hybridized carbons (Fsp3) is 0.476. The predicted molar refractivity (Wildman–Crippen MR) is 109 cm³/mol. The topological polar surface area (TPSA) is 75.4 Å². The highest BCUT2D eigenvalue weighted by molar-refractivity contribution is 6.30. The summed E-state index contributed by atoms with van der Waals surface area (Å²) in [6.45, 7) is 8.01. The van der Waals surface area contributed by atoms with Gasteiger partial charge >= 0.3 is 0 Å². The highest BCUT2D eigenvalue weighted by Gasteiger charge is 2.28. The Morgan fingerprint density at radius 1 is 1.18 bits per heavy atom. The summed E-state index contributed by atoms with van der Waals surface area (Å²) in [5, 5.41) is 2.05. The molecule has 1 heterocycles. The number of benzene rings is 1. The van der Waals surface area contributed by atoms with Gasteiger partial charge in [0.05, 0.1) is 6.54 Å². The van der Waals surface area contributed by atoms with Crippen molar-refractivity contribution in [2.24, 2.45) is 0 Å². The van der Waals surface area contributed by atoms with Crippen LogP contribution in [0.25, 0.3) is 0 Å². The van der Waals surface area contributed by atoms with Crippen molar-refractivity contribution in [2.45, 2.75) is 64.5 Å². The number of carbonyl (C=O) groups is 2. The molecule has 0 bridgehead atoms. The molecular formula is C21H28ClN3O3. The maximum atomic E-state index is 13.0. The fourth-order valence-electron chi connectivity index (χ4n) is 2.61. The molecule has 7 heteroatoms. The number of halogens is 1. The van der Waals surface area contributed by atoms with Crippen molar-refractivity contribution in [1.29, 1.82) is 0 Å². The number of alkyl halides is 1. The van der Waals surface area contributed by atoms with Crippen molar-refractivity contribution >= 4 is 23.4 Å². The molecule has 0 spiro atoms. The van der Waals surface area contributed by atoms with E-state index in [2.05, 4.69) is 10.3 Å². The molecule has 0 saturated heterocycles. The van der Waals surface area contributed by atoms with Gasteiger partial charge in [-0.2, -0.15) is 0 Å². The summed E-state index contributed by atoms with van der Waals surface area (Å²) in [6, 6.07) is 9.22. The van der Waals surface area contributed by atoms with Crippen molar-refractivity contribution < 1.29 is 14.0 Å². The molecule has 2 aromatic rings. The maximum Gasteiger partial charge on any atom is 0.273 e. The lowest BCUT2D eigenvalue weighted by Gasteiger charge is -2.29. The number of hydrogen-bond acceptors (Lipinski definition) is 4. The van der Waals surface area contributed by atoms with Gasteiger partial charge in [-0.1, -0.05) is 44.2 Å². The molecule has 3 atom stereocenters. The second kappa shape index (κ2) is 10.3. The van der Waals surface area contributed by atoms with E-state index in [1.165, 1.54) is 6.26 Å². The molecule has 0 aliphatic rings. The third kappa shape index (κ3) is 5.58. The van der Waals surface area contributed by atoms with Gasteiger partial charge in [-0.3, -0.25) is 9.59 Å². The normalized spacial score (nSPS) is 14.2. The van der Waals surface area contributed by atoms with Crippen LogP contribution in [0, 0.1) is 0 Å². The molecule has 0 saturated carbocycles. The summed E-state index contributed by atoms with van der Waals surface area (Å²) in [5.41, 5.74) is 0.945. The molecule has 0 fully saturated rings. The van der Waals surface area contributed by atoms with Gasteiger partial charge in [0.1, 0.15) is 11.6 Å². The van der Waals surface area contributed by atoms with E-state index in [0.29, 0.717) is 5.89 Å². The van der Waals surface area contributed by atoms with Crippen LogP contribution in [0.3, 0.4) is 0 Å². The van der Waals surface area contributed by atoms with Crippen molar-refractivity contribution in [3.05, 3.63) is 53.7 Å². The number of aromatic nitrogens is 1. The van der Waals surface area contributed by atoms with E-state index >= 15 is 0 Å². The number of hydrogen-bond donors (Lipinski definition) is 1. The van der Waals surface area contributed by atoms with E-state index in [9.17, 15) is 9.59 Å². The van der Waals surface area contributed by atoms with Crippen LogP contribution in [0.5, 0.6) is 0 Å². The third-order valence-electron chi connectivity index (χ3n) is 4.79. The van der Waals surface area contributed by atoms with Gasteiger partial charge < -0.3 is 14.6 Å². The zero-order valence-corrected chi connectivity index (χ0v) is 17.6. The molecule has 152 valence electrons. The molecule has 1 aromatic heterocycles. The number of nitrogens with one attached hydrogen (secondary N) is 1. The molecule has 1 N–H and O–H groups in total. The largest absolute Gasteiger partial charge is 0.446 e. The first-order valence-electron chi connectivity index (χ1n) is 9.62. The van der Waals surface area contributed by atoms with Gasteiger partial charge in [0.2, 0.25) is 11.8 Å². The number of rotatable bonds is 9. The van der Waals surface area contributed by atoms with Crippen LogP contribution >= 0.6 is 11.6 Å². The Morgan fingerprint density at radius 3 is 2.46 bits per heavy atom. The smallest absolute Gasteiger partial charge is 0.273 e. The second-order valence-corrected chi connectivity index (χ2v) is 7.34. The van der Waals surface area contributed by atoms with Crippen molar-refractivity contribution in [1.82, 2.24) is 15.2 Å². The first kappa shape index (κ1) is 22.0. The number of carbonyl (C=O) groups excluding carboxylic acids is 2. The van der Waals surface area contributed by atoms with Crippen LogP contribution in [0.4, 0.5) is 0 Å². The Hall–Kier alpha value is -2.34. The molecule has 28 heavy (non-hydrogen) atoms. The Balaban J connectivity index is 2.14. The average molecular weight is 406 g/mol. The lowest BCUT2D eigenvalue weighted by atomic mass is 10.1. The minimum Gasteiger partial charge on any atom is -0.446 e. The highest BCUT2D eigenvalue weighted by Crippen LogP contribution is 2.25. The zero-order valence-electron chi connectivity index (χ0n) is 16.8. The van der Waals surface area contributed by atoms with Gasteiger partial charge in [-0.25, -0.2) is 4.98 Å². The second-order valence-electron chi connectivity index (χ2n) is 6.91. The molecule has 2 rings (SSSR count). The van der Waals surface area contributed by atoms with Gasteiger partial charge in [0.25, 0.3) is 5.91 Å². The predicted octanol–water partition coefficient (Wildman–Crippen LogP) is 4.31. The van der Waals surface area contributed by atoms with Crippen LogP contribution in [0.1, 0.15) is 67.9 Å². The Labute approximate surface area is 171 Å². The summed E-state index contributed by atoms with van der Waals surface area (Å²) in [6.07, 6.45) is 2.90. The lowest BCUT2D eigenvalue weighted by molar-refractivity contribution is -0.134. The summed E-state index contributed by atoms with van der Waals surface area (Å²) >= 11 is 6.44. The Morgan fingerprint density at radius 2 is 1.86 bits per heavy atom. The van der Waals surface area contributed by atoms with Crippen molar-refractivity contribution in [3.63, 3.8) is 0 Å². The van der Waals surface area contributed by atoms with Gasteiger partial charge in [0, 0.05) is 12.1 Å². The molecular weight excluding hydrogens is 378 g/mol. The molecule has 2 amide bonds. The van der Waals surface area contributed by atoms with E-state index in [4.69, 9.17) is 16.0 Å². The van der Waals surface area contributed by atoms with Crippen LogP contribution in [0.2, 0.25) is 0 Å². The molecule has 6 nitrogen and oxygen atoms in total. The van der Waals surface area contributed by atoms with Crippen LogP contribution in [-0.4, -0.2) is 33.8 Å². The average Bonchev–Trinajstić information content (AvgIpc) is 3.19. The highest BCUT2D eigenvalue weighted by atomic mass is 35.5. The minimum absolute atomic E-state index is 0.0497. The summed E-state index contributed by atoms with van der Waals surface area (Å²) in [7, 11) is 0. The summed E-state index contributed by atoms with van der Waals surface area (Å²) < 4.78 is 5.45. The first-order chi connectivity index (χ1) is 13.4. The molecule has 3 unspecified atom stereocenters. The fourth-order valence-corrected chi connectivity index (χ4v) is 2.89. The van der Waals surface area contributed by atoms with Crippen LogP contribution in [0.15, 0.2) is 41.0 Å². The third-order valence-corrected chi connectivity index (χ3v) is 5.23. The lowest BCUT2D eigenvalue weighted by Crippen LogP contribution is -2.39. The Bertz CT molecular complexity index is 778. The van der Waals surface area contributed by atoms with Crippen LogP contribution in [-0.2, 0) is 11.3 Å². The standard InChI is InChI=1S/C21H28ClN3O3/c1-5-14(3)23-20(26)17-13-28-18(24-17)12-25(15(4)6-2)21(27)19(22)16-10-8-7-9-11-16/h7-11,13-15,19H,5-6,12H2,1-4H3,(H,23,26). The van der Waals surface area contributed by atoms with E-state index in [1.54, 1.807) is 4.90 Å².